The van der Waals surface area contributed by atoms with Crippen LogP contribution in [0.1, 0.15) is 31.2 Å². The molecule has 116 valence electrons. The lowest BCUT2D eigenvalue weighted by atomic mass is 10.1. The van der Waals surface area contributed by atoms with Gasteiger partial charge in [0.05, 0.1) is 21.3 Å². The fourth-order valence-corrected chi connectivity index (χ4v) is 2.96. The molecule has 0 radical (unpaired) electrons. The maximum absolute atomic E-state index is 5.67. The van der Waals surface area contributed by atoms with Crippen LogP contribution in [0, 0.1) is 0 Å². The molecule has 0 saturated carbocycles. The van der Waals surface area contributed by atoms with Gasteiger partial charge in [-0.1, -0.05) is 25.1 Å². The molecule has 1 aromatic rings. The molecule has 0 bridgehead atoms. The second-order valence-corrected chi connectivity index (χ2v) is 5.51. The Hall–Kier alpha value is -1.49. The van der Waals surface area contributed by atoms with Crippen molar-refractivity contribution in [3.8, 4) is 17.2 Å². The Kier molecular flexibility index (Phi) is 5.67. The van der Waals surface area contributed by atoms with Crippen LogP contribution in [0.2, 0.25) is 0 Å². The van der Waals surface area contributed by atoms with E-state index in [-0.39, 0.29) is 0 Å². The standard InChI is InChI=1S/C16H23NO3S/c1-18-13-10-12(11-14(19-2)15(13)20-3)16(21)17-8-6-4-5-7-9-17/h10-11H,4-9H2,1-3H3. The van der Waals surface area contributed by atoms with Crippen molar-refractivity contribution < 1.29 is 14.2 Å². The summed E-state index contributed by atoms with van der Waals surface area (Å²) in [5.74, 6) is 1.88. The maximum Gasteiger partial charge on any atom is 0.203 e. The zero-order valence-corrected chi connectivity index (χ0v) is 13.8. The third kappa shape index (κ3) is 3.59. The molecule has 5 heteroatoms. The summed E-state index contributed by atoms with van der Waals surface area (Å²) in [6.07, 6.45) is 4.97. The SMILES string of the molecule is COc1cc(C(=S)N2CCCCCC2)cc(OC)c1OC. The van der Waals surface area contributed by atoms with Crippen LogP contribution in [-0.2, 0) is 0 Å². The Labute approximate surface area is 132 Å². The molecule has 1 aromatic carbocycles. The van der Waals surface area contributed by atoms with Crippen molar-refractivity contribution >= 4 is 17.2 Å². The number of nitrogens with zero attached hydrogens (tertiary/aromatic N) is 1. The Morgan fingerprint density at radius 1 is 0.905 bits per heavy atom. The Morgan fingerprint density at radius 2 is 1.43 bits per heavy atom. The number of likely N-dealkylation sites (tertiary alicyclic amines) is 1. The van der Waals surface area contributed by atoms with E-state index in [1.165, 1.54) is 25.7 Å². The highest BCUT2D eigenvalue weighted by Gasteiger charge is 2.19. The highest BCUT2D eigenvalue weighted by Crippen LogP contribution is 2.38. The van der Waals surface area contributed by atoms with Gasteiger partial charge in [-0.05, 0) is 25.0 Å². The summed E-state index contributed by atoms with van der Waals surface area (Å²) < 4.78 is 16.1. The average Bonchev–Trinajstić information content (AvgIpc) is 2.81. The first-order valence-corrected chi connectivity index (χ1v) is 7.71. The Balaban J connectivity index is 2.31. The van der Waals surface area contributed by atoms with Gasteiger partial charge in [0.25, 0.3) is 0 Å². The second kappa shape index (κ2) is 7.50. The summed E-state index contributed by atoms with van der Waals surface area (Å²) in [6.45, 7) is 2.05. The smallest absolute Gasteiger partial charge is 0.203 e. The molecule has 0 aromatic heterocycles. The topological polar surface area (TPSA) is 30.9 Å². The highest BCUT2D eigenvalue weighted by molar-refractivity contribution is 7.80. The lowest BCUT2D eigenvalue weighted by Crippen LogP contribution is -2.31. The van der Waals surface area contributed by atoms with Gasteiger partial charge >= 0.3 is 0 Å². The molecule has 0 atom stereocenters. The minimum atomic E-state index is 0.599. The van der Waals surface area contributed by atoms with Crippen LogP contribution in [0.4, 0.5) is 0 Å². The van der Waals surface area contributed by atoms with Crippen LogP contribution >= 0.6 is 12.2 Å². The van der Waals surface area contributed by atoms with Crippen LogP contribution < -0.4 is 14.2 Å². The molecular formula is C16H23NO3S. The first-order chi connectivity index (χ1) is 10.2. The molecule has 1 aliphatic rings. The van der Waals surface area contributed by atoms with E-state index < -0.39 is 0 Å². The fourth-order valence-electron chi connectivity index (χ4n) is 2.66. The first-order valence-electron chi connectivity index (χ1n) is 7.30. The average molecular weight is 309 g/mol. The maximum atomic E-state index is 5.67. The summed E-state index contributed by atoms with van der Waals surface area (Å²) in [6, 6.07) is 3.85. The van der Waals surface area contributed by atoms with Gasteiger partial charge in [0.2, 0.25) is 5.75 Å². The van der Waals surface area contributed by atoms with Crippen LogP contribution in [0.5, 0.6) is 17.2 Å². The number of thiocarbonyl (C=S) groups is 1. The van der Waals surface area contributed by atoms with Crippen molar-refractivity contribution in [1.29, 1.82) is 0 Å². The van der Waals surface area contributed by atoms with Crippen LogP contribution in [0.15, 0.2) is 12.1 Å². The molecule has 1 aliphatic heterocycles. The normalized spacial score (nSPS) is 15.3. The van der Waals surface area contributed by atoms with Crippen LogP contribution in [0.3, 0.4) is 0 Å². The lowest BCUT2D eigenvalue weighted by Gasteiger charge is -2.24. The number of hydrogen-bond acceptors (Lipinski definition) is 4. The Morgan fingerprint density at radius 3 is 1.86 bits per heavy atom. The van der Waals surface area contributed by atoms with E-state index in [4.69, 9.17) is 26.4 Å². The number of ether oxygens (including phenoxy) is 3. The third-order valence-electron chi connectivity index (χ3n) is 3.80. The van der Waals surface area contributed by atoms with Gasteiger partial charge in [0, 0.05) is 18.7 Å². The van der Waals surface area contributed by atoms with Gasteiger partial charge in [-0.25, -0.2) is 0 Å². The molecule has 1 heterocycles. The van der Waals surface area contributed by atoms with Gasteiger partial charge in [-0.2, -0.15) is 0 Å². The highest BCUT2D eigenvalue weighted by atomic mass is 32.1. The molecular weight excluding hydrogens is 286 g/mol. The van der Waals surface area contributed by atoms with E-state index >= 15 is 0 Å². The molecule has 0 unspecified atom stereocenters. The van der Waals surface area contributed by atoms with Gasteiger partial charge < -0.3 is 19.1 Å². The molecule has 2 rings (SSSR count). The Bertz CT molecular complexity index is 471. The number of benzene rings is 1. The van der Waals surface area contributed by atoms with Crippen LogP contribution in [0.25, 0.3) is 0 Å². The molecule has 0 amide bonds. The van der Waals surface area contributed by atoms with E-state index in [0.29, 0.717) is 17.2 Å². The molecule has 21 heavy (non-hydrogen) atoms. The van der Waals surface area contributed by atoms with Gasteiger partial charge in [0.15, 0.2) is 11.5 Å². The molecule has 1 saturated heterocycles. The van der Waals surface area contributed by atoms with Crippen LogP contribution in [-0.4, -0.2) is 44.3 Å². The van der Waals surface area contributed by atoms with Gasteiger partial charge in [-0.15, -0.1) is 0 Å². The number of hydrogen-bond donors (Lipinski definition) is 0. The summed E-state index contributed by atoms with van der Waals surface area (Å²) in [7, 11) is 4.85. The van der Waals surface area contributed by atoms with Crippen molar-refractivity contribution in [2.75, 3.05) is 34.4 Å². The van der Waals surface area contributed by atoms with Crippen molar-refractivity contribution in [3.05, 3.63) is 17.7 Å². The van der Waals surface area contributed by atoms with E-state index in [9.17, 15) is 0 Å². The zero-order chi connectivity index (χ0) is 15.2. The van der Waals surface area contributed by atoms with E-state index in [0.717, 1.165) is 23.6 Å². The predicted octanol–water partition coefficient (Wildman–Crippen LogP) is 3.26. The minimum absolute atomic E-state index is 0.599. The van der Waals surface area contributed by atoms with Gasteiger partial charge in [-0.3, -0.25) is 0 Å². The molecule has 0 N–H and O–H groups in total. The van der Waals surface area contributed by atoms with Crippen molar-refractivity contribution in [3.63, 3.8) is 0 Å². The summed E-state index contributed by atoms with van der Waals surface area (Å²) in [5, 5.41) is 0. The molecule has 0 aliphatic carbocycles. The summed E-state index contributed by atoms with van der Waals surface area (Å²) in [5.41, 5.74) is 0.946. The van der Waals surface area contributed by atoms with Crippen molar-refractivity contribution in [1.82, 2.24) is 4.90 Å². The monoisotopic (exact) mass is 309 g/mol. The first kappa shape index (κ1) is 15.9. The quantitative estimate of drug-likeness (QED) is 0.797. The van der Waals surface area contributed by atoms with E-state index in [2.05, 4.69) is 4.90 Å². The number of methoxy groups -OCH3 is 3. The lowest BCUT2D eigenvalue weighted by molar-refractivity contribution is 0.324. The van der Waals surface area contributed by atoms with E-state index in [1.807, 2.05) is 12.1 Å². The molecule has 4 nitrogen and oxygen atoms in total. The molecule has 0 spiro atoms. The fraction of sp³-hybridized carbons (Fsp3) is 0.562. The number of rotatable bonds is 4. The largest absolute Gasteiger partial charge is 0.493 e. The van der Waals surface area contributed by atoms with Gasteiger partial charge in [0.1, 0.15) is 4.99 Å². The summed E-state index contributed by atoms with van der Waals surface area (Å²) in [4.78, 5) is 3.14. The van der Waals surface area contributed by atoms with Crippen molar-refractivity contribution in [2.24, 2.45) is 0 Å². The predicted molar refractivity (Wildman–Crippen MR) is 87.8 cm³/mol. The molecule has 1 fully saturated rings. The second-order valence-electron chi connectivity index (χ2n) is 5.12. The summed E-state index contributed by atoms with van der Waals surface area (Å²) >= 11 is 5.67. The van der Waals surface area contributed by atoms with E-state index in [1.54, 1.807) is 21.3 Å². The third-order valence-corrected chi connectivity index (χ3v) is 4.30. The van der Waals surface area contributed by atoms with Crippen molar-refractivity contribution in [2.45, 2.75) is 25.7 Å². The minimum Gasteiger partial charge on any atom is -0.493 e. The zero-order valence-electron chi connectivity index (χ0n) is 13.0.